The fourth-order valence-corrected chi connectivity index (χ4v) is 1.24. The first-order valence-corrected chi connectivity index (χ1v) is 5.21. The number of amides is 1. The van der Waals surface area contributed by atoms with Crippen molar-refractivity contribution in [3.63, 3.8) is 0 Å². The predicted molar refractivity (Wildman–Crippen MR) is 55.2 cm³/mol. The van der Waals surface area contributed by atoms with Gasteiger partial charge in [0.1, 0.15) is 6.04 Å². The van der Waals surface area contributed by atoms with Crippen molar-refractivity contribution in [2.45, 2.75) is 25.8 Å². The van der Waals surface area contributed by atoms with Crippen molar-refractivity contribution in [1.29, 1.82) is 0 Å². The highest BCUT2D eigenvalue weighted by Gasteiger charge is 2.21. The summed E-state index contributed by atoms with van der Waals surface area (Å²) >= 11 is 0. The van der Waals surface area contributed by atoms with E-state index in [0.29, 0.717) is 0 Å². The fourth-order valence-electron chi connectivity index (χ4n) is 1.24. The zero-order valence-corrected chi connectivity index (χ0v) is 9.21. The Bertz CT molecular complexity index is 239. The van der Waals surface area contributed by atoms with E-state index in [-0.39, 0.29) is 12.5 Å². The average molecular weight is 214 g/mol. The van der Waals surface area contributed by atoms with Crippen LogP contribution < -0.4 is 10.6 Å². The Morgan fingerprint density at radius 3 is 2.67 bits per heavy atom. The van der Waals surface area contributed by atoms with Gasteiger partial charge in [0.05, 0.1) is 13.7 Å². The van der Waals surface area contributed by atoms with Crippen LogP contribution in [-0.2, 0) is 14.3 Å². The molecule has 0 radical (unpaired) electrons. The van der Waals surface area contributed by atoms with Crippen molar-refractivity contribution in [1.82, 2.24) is 10.6 Å². The molecule has 5 heteroatoms. The molecule has 0 aliphatic heterocycles. The number of carbonyl (C=O) groups excluding carboxylic acids is 2. The number of nitrogens with one attached hydrogen (secondary N) is 2. The maximum absolute atomic E-state index is 11.3. The van der Waals surface area contributed by atoms with Gasteiger partial charge in [-0.05, 0) is 32.2 Å². The fraction of sp³-hybridized carbons (Fsp3) is 0.800. The molecule has 1 fully saturated rings. The van der Waals surface area contributed by atoms with Gasteiger partial charge in [0.25, 0.3) is 0 Å². The minimum atomic E-state index is -0.578. The zero-order valence-electron chi connectivity index (χ0n) is 9.21. The zero-order chi connectivity index (χ0) is 11.3. The minimum Gasteiger partial charge on any atom is -0.467 e. The van der Waals surface area contributed by atoms with E-state index in [1.54, 1.807) is 6.92 Å². The smallest absolute Gasteiger partial charge is 0.328 e. The standard InChI is InChI=1S/C10H18N2O3/c1-7(10(14)15-2)12-9(13)6-11-5-8-3-4-8/h7-8,11H,3-6H2,1-2H3,(H,12,13). The highest BCUT2D eigenvalue weighted by Crippen LogP contribution is 2.27. The molecule has 0 bridgehead atoms. The maximum Gasteiger partial charge on any atom is 0.328 e. The molecule has 0 heterocycles. The lowest BCUT2D eigenvalue weighted by Crippen LogP contribution is -2.43. The first-order valence-electron chi connectivity index (χ1n) is 5.21. The van der Waals surface area contributed by atoms with Gasteiger partial charge in [-0.2, -0.15) is 0 Å². The van der Waals surface area contributed by atoms with Gasteiger partial charge in [0.2, 0.25) is 5.91 Å². The van der Waals surface area contributed by atoms with Gasteiger partial charge in [-0.1, -0.05) is 0 Å². The van der Waals surface area contributed by atoms with Crippen LogP contribution in [0.25, 0.3) is 0 Å². The Morgan fingerprint density at radius 2 is 2.13 bits per heavy atom. The number of ether oxygens (including phenoxy) is 1. The van der Waals surface area contributed by atoms with Crippen LogP contribution in [0.1, 0.15) is 19.8 Å². The van der Waals surface area contributed by atoms with Crippen LogP contribution in [0.15, 0.2) is 0 Å². The summed E-state index contributed by atoms with van der Waals surface area (Å²) in [6.07, 6.45) is 2.51. The molecule has 1 atom stereocenters. The molecule has 86 valence electrons. The Hall–Kier alpha value is -1.10. The van der Waals surface area contributed by atoms with Crippen LogP contribution in [0, 0.1) is 5.92 Å². The summed E-state index contributed by atoms with van der Waals surface area (Å²) in [4.78, 5) is 22.3. The molecule has 1 saturated carbocycles. The van der Waals surface area contributed by atoms with Crippen molar-refractivity contribution in [3.05, 3.63) is 0 Å². The molecule has 0 aromatic carbocycles. The first-order chi connectivity index (χ1) is 7.13. The van der Waals surface area contributed by atoms with Crippen LogP contribution in [0.5, 0.6) is 0 Å². The van der Waals surface area contributed by atoms with Gasteiger partial charge in [-0.15, -0.1) is 0 Å². The second-order valence-corrected chi connectivity index (χ2v) is 3.89. The molecule has 1 aliphatic carbocycles. The van der Waals surface area contributed by atoms with E-state index in [0.717, 1.165) is 12.5 Å². The third-order valence-corrected chi connectivity index (χ3v) is 2.35. The summed E-state index contributed by atoms with van der Waals surface area (Å²) in [5, 5.41) is 5.59. The molecule has 1 aliphatic rings. The van der Waals surface area contributed by atoms with Gasteiger partial charge in [-0.25, -0.2) is 4.79 Å². The summed E-state index contributed by atoms with van der Waals surface area (Å²) < 4.78 is 4.49. The number of esters is 1. The summed E-state index contributed by atoms with van der Waals surface area (Å²) in [7, 11) is 1.30. The molecular weight excluding hydrogens is 196 g/mol. The highest BCUT2D eigenvalue weighted by atomic mass is 16.5. The van der Waals surface area contributed by atoms with E-state index >= 15 is 0 Å². The Kier molecular flexibility index (Phi) is 4.55. The lowest BCUT2D eigenvalue weighted by atomic mass is 10.3. The predicted octanol–water partition coefficient (Wildman–Crippen LogP) is -0.336. The average Bonchev–Trinajstić information content (AvgIpc) is 3.00. The van der Waals surface area contributed by atoms with Gasteiger partial charge in [-0.3, -0.25) is 4.79 Å². The molecular formula is C10H18N2O3. The number of carbonyl (C=O) groups is 2. The van der Waals surface area contributed by atoms with E-state index in [1.165, 1.54) is 20.0 Å². The van der Waals surface area contributed by atoms with Crippen LogP contribution in [-0.4, -0.2) is 38.1 Å². The lowest BCUT2D eigenvalue weighted by molar-refractivity contribution is -0.144. The van der Waals surface area contributed by atoms with E-state index < -0.39 is 12.0 Å². The van der Waals surface area contributed by atoms with Crippen molar-refractivity contribution in [3.8, 4) is 0 Å². The third-order valence-electron chi connectivity index (χ3n) is 2.35. The van der Waals surface area contributed by atoms with E-state index in [4.69, 9.17) is 0 Å². The Labute approximate surface area is 89.6 Å². The normalized spacial score (nSPS) is 16.9. The van der Waals surface area contributed by atoms with Gasteiger partial charge in [0, 0.05) is 0 Å². The molecule has 1 amide bonds. The summed E-state index contributed by atoms with van der Waals surface area (Å²) in [6, 6.07) is -0.578. The molecule has 0 spiro atoms. The van der Waals surface area contributed by atoms with Gasteiger partial charge >= 0.3 is 5.97 Å². The van der Waals surface area contributed by atoms with Crippen molar-refractivity contribution >= 4 is 11.9 Å². The molecule has 15 heavy (non-hydrogen) atoms. The number of hydrogen-bond acceptors (Lipinski definition) is 4. The van der Waals surface area contributed by atoms with E-state index in [1.807, 2.05) is 0 Å². The number of hydrogen-bond donors (Lipinski definition) is 2. The largest absolute Gasteiger partial charge is 0.467 e. The lowest BCUT2D eigenvalue weighted by Gasteiger charge is -2.11. The molecule has 0 aromatic heterocycles. The summed E-state index contributed by atoms with van der Waals surface area (Å²) in [6.45, 7) is 2.75. The molecule has 5 nitrogen and oxygen atoms in total. The first kappa shape index (κ1) is 12.0. The second kappa shape index (κ2) is 5.70. The van der Waals surface area contributed by atoms with Crippen LogP contribution >= 0.6 is 0 Å². The monoisotopic (exact) mass is 214 g/mol. The van der Waals surface area contributed by atoms with Crippen molar-refractivity contribution in [2.75, 3.05) is 20.2 Å². The SMILES string of the molecule is COC(=O)C(C)NC(=O)CNCC1CC1. The van der Waals surface area contributed by atoms with E-state index in [2.05, 4.69) is 15.4 Å². The second-order valence-electron chi connectivity index (χ2n) is 3.89. The molecule has 0 aromatic rings. The van der Waals surface area contributed by atoms with Gasteiger partial charge in [0.15, 0.2) is 0 Å². The van der Waals surface area contributed by atoms with Crippen molar-refractivity contribution < 1.29 is 14.3 Å². The molecule has 1 rings (SSSR count). The Morgan fingerprint density at radius 1 is 1.47 bits per heavy atom. The minimum absolute atomic E-state index is 0.173. The third kappa shape index (κ3) is 4.78. The van der Waals surface area contributed by atoms with Crippen LogP contribution in [0.2, 0.25) is 0 Å². The van der Waals surface area contributed by atoms with Crippen LogP contribution in [0.3, 0.4) is 0 Å². The summed E-state index contributed by atoms with van der Waals surface area (Å²) in [5.41, 5.74) is 0. The number of rotatable bonds is 6. The molecule has 1 unspecified atom stereocenters. The van der Waals surface area contributed by atoms with Gasteiger partial charge < -0.3 is 15.4 Å². The van der Waals surface area contributed by atoms with Crippen molar-refractivity contribution in [2.24, 2.45) is 5.92 Å². The Balaban J connectivity index is 2.07. The molecule has 0 saturated heterocycles. The maximum atomic E-state index is 11.3. The van der Waals surface area contributed by atoms with Crippen LogP contribution in [0.4, 0.5) is 0 Å². The number of methoxy groups -OCH3 is 1. The topological polar surface area (TPSA) is 67.4 Å². The quantitative estimate of drug-likeness (QED) is 0.594. The highest BCUT2D eigenvalue weighted by molar-refractivity contribution is 5.85. The summed E-state index contributed by atoms with van der Waals surface area (Å²) in [5.74, 6) is 0.148. The molecule has 2 N–H and O–H groups in total. The van der Waals surface area contributed by atoms with E-state index in [9.17, 15) is 9.59 Å².